The molecular formula is C15H27N5O3S. The quantitative estimate of drug-likeness (QED) is 0.558. The predicted molar refractivity (Wildman–Crippen MR) is 94.4 cm³/mol. The minimum absolute atomic E-state index is 0.0456. The number of sulfonamides is 1. The topological polar surface area (TPSA) is 79.2 Å². The molecule has 0 spiro atoms. The number of guanidine groups is 1. The van der Waals surface area contributed by atoms with E-state index in [1.807, 2.05) is 41.9 Å². The molecule has 1 aliphatic heterocycles. The van der Waals surface area contributed by atoms with E-state index in [-0.39, 0.29) is 5.75 Å². The van der Waals surface area contributed by atoms with Crippen LogP contribution in [-0.2, 0) is 28.4 Å². The molecular weight excluding hydrogens is 330 g/mol. The van der Waals surface area contributed by atoms with Gasteiger partial charge in [-0.25, -0.2) is 8.42 Å². The molecule has 1 N–H and O–H groups in total. The Bertz CT molecular complexity index is 650. The highest BCUT2D eigenvalue weighted by atomic mass is 32.2. The van der Waals surface area contributed by atoms with E-state index in [1.54, 1.807) is 7.05 Å². The van der Waals surface area contributed by atoms with E-state index >= 15 is 0 Å². The van der Waals surface area contributed by atoms with Crippen LogP contribution in [0.25, 0.3) is 0 Å². The van der Waals surface area contributed by atoms with Gasteiger partial charge in [-0.2, -0.15) is 4.31 Å². The van der Waals surface area contributed by atoms with Crippen molar-refractivity contribution in [1.82, 2.24) is 19.1 Å². The number of hydrogen-bond donors (Lipinski definition) is 1. The standard InChI is InChI=1S/C15H27N5O3S/c1-16-15(19(3)13-14-5-4-7-18(14)2)17-6-12-24(21,22)20-8-10-23-11-9-20/h4-5,7H,6,8-13H2,1-3H3,(H,16,17). The highest BCUT2D eigenvalue weighted by molar-refractivity contribution is 7.89. The molecule has 1 aliphatic rings. The number of nitrogens with zero attached hydrogens (tertiary/aromatic N) is 4. The predicted octanol–water partition coefficient (Wildman–Crippen LogP) is -0.306. The van der Waals surface area contributed by atoms with E-state index in [0.717, 1.165) is 5.69 Å². The smallest absolute Gasteiger partial charge is 0.215 e. The van der Waals surface area contributed by atoms with Crippen molar-refractivity contribution in [2.75, 3.05) is 52.7 Å². The third-order valence-corrected chi connectivity index (χ3v) is 5.90. The van der Waals surface area contributed by atoms with Crippen LogP contribution in [0.1, 0.15) is 5.69 Å². The summed E-state index contributed by atoms with van der Waals surface area (Å²) in [6.07, 6.45) is 1.99. The van der Waals surface area contributed by atoms with Crippen molar-refractivity contribution in [2.45, 2.75) is 6.54 Å². The van der Waals surface area contributed by atoms with Crippen LogP contribution in [0.2, 0.25) is 0 Å². The summed E-state index contributed by atoms with van der Waals surface area (Å²) < 4.78 is 33.3. The van der Waals surface area contributed by atoms with Gasteiger partial charge in [0, 0.05) is 52.7 Å². The van der Waals surface area contributed by atoms with Gasteiger partial charge >= 0.3 is 0 Å². The molecule has 2 heterocycles. The molecule has 2 rings (SSSR count). The third-order valence-electron chi connectivity index (χ3n) is 4.03. The summed E-state index contributed by atoms with van der Waals surface area (Å²) in [7, 11) is 2.36. The first kappa shape index (κ1) is 18.8. The molecule has 1 saturated heterocycles. The van der Waals surface area contributed by atoms with Crippen LogP contribution in [0.5, 0.6) is 0 Å². The third kappa shape index (κ3) is 4.96. The Kier molecular flexibility index (Phi) is 6.64. The van der Waals surface area contributed by atoms with Crippen LogP contribution in [0.3, 0.4) is 0 Å². The monoisotopic (exact) mass is 357 g/mol. The van der Waals surface area contributed by atoms with Gasteiger partial charge < -0.3 is 19.5 Å². The number of ether oxygens (including phenoxy) is 1. The number of aliphatic imine (C=N–C) groups is 1. The van der Waals surface area contributed by atoms with E-state index in [4.69, 9.17) is 4.74 Å². The van der Waals surface area contributed by atoms with Crippen molar-refractivity contribution in [2.24, 2.45) is 12.0 Å². The SMILES string of the molecule is CN=C(NCCS(=O)(=O)N1CCOCC1)N(C)Cc1cccn1C. The maximum Gasteiger partial charge on any atom is 0.215 e. The lowest BCUT2D eigenvalue weighted by molar-refractivity contribution is 0.0730. The molecule has 1 fully saturated rings. The van der Waals surface area contributed by atoms with Gasteiger partial charge in [0.15, 0.2) is 5.96 Å². The minimum atomic E-state index is -3.26. The number of morpholine rings is 1. The molecule has 0 unspecified atom stereocenters. The first-order chi connectivity index (χ1) is 11.4. The minimum Gasteiger partial charge on any atom is -0.379 e. The Hall–Kier alpha value is -1.58. The number of rotatable bonds is 6. The summed E-state index contributed by atoms with van der Waals surface area (Å²) in [6, 6.07) is 4.04. The molecule has 136 valence electrons. The average Bonchev–Trinajstić information content (AvgIpc) is 2.97. The Balaban J connectivity index is 1.83. The van der Waals surface area contributed by atoms with E-state index in [2.05, 4.69) is 10.3 Å². The Labute approximate surface area is 144 Å². The zero-order valence-corrected chi connectivity index (χ0v) is 15.4. The summed E-state index contributed by atoms with van der Waals surface area (Å²) in [4.78, 5) is 6.19. The van der Waals surface area contributed by atoms with Crippen LogP contribution in [0.4, 0.5) is 0 Å². The summed E-state index contributed by atoms with van der Waals surface area (Å²) >= 11 is 0. The molecule has 1 aromatic rings. The van der Waals surface area contributed by atoms with Crippen molar-refractivity contribution in [1.29, 1.82) is 0 Å². The normalized spacial score (nSPS) is 17.0. The van der Waals surface area contributed by atoms with Gasteiger partial charge in [0.05, 0.1) is 25.5 Å². The van der Waals surface area contributed by atoms with Crippen molar-refractivity contribution in [3.63, 3.8) is 0 Å². The largest absolute Gasteiger partial charge is 0.379 e. The lowest BCUT2D eigenvalue weighted by atomic mass is 10.4. The second-order valence-corrected chi connectivity index (χ2v) is 7.86. The molecule has 8 nitrogen and oxygen atoms in total. The highest BCUT2D eigenvalue weighted by Gasteiger charge is 2.24. The molecule has 0 aliphatic carbocycles. The molecule has 9 heteroatoms. The maximum absolute atomic E-state index is 12.3. The maximum atomic E-state index is 12.3. The summed E-state index contributed by atoms with van der Waals surface area (Å²) in [5.41, 5.74) is 1.15. The summed E-state index contributed by atoms with van der Waals surface area (Å²) in [5.74, 6) is 0.720. The van der Waals surface area contributed by atoms with Crippen molar-refractivity contribution in [3.05, 3.63) is 24.0 Å². The number of aromatic nitrogens is 1. The molecule has 0 aromatic carbocycles. The molecule has 0 radical (unpaired) electrons. The zero-order valence-electron chi connectivity index (χ0n) is 14.6. The molecule has 24 heavy (non-hydrogen) atoms. The van der Waals surface area contributed by atoms with Crippen molar-refractivity contribution >= 4 is 16.0 Å². The first-order valence-corrected chi connectivity index (χ1v) is 9.62. The average molecular weight is 357 g/mol. The van der Waals surface area contributed by atoms with Gasteiger partial charge in [0.2, 0.25) is 10.0 Å². The van der Waals surface area contributed by atoms with Crippen LogP contribution in [-0.4, -0.2) is 80.8 Å². The van der Waals surface area contributed by atoms with Gasteiger partial charge in [0.25, 0.3) is 0 Å². The first-order valence-electron chi connectivity index (χ1n) is 8.01. The second kappa shape index (κ2) is 8.50. The molecule has 0 atom stereocenters. The van der Waals surface area contributed by atoms with Crippen LogP contribution < -0.4 is 5.32 Å². The van der Waals surface area contributed by atoms with Crippen LogP contribution >= 0.6 is 0 Å². The van der Waals surface area contributed by atoms with Gasteiger partial charge in [-0.1, -0.05) is 0 Å². The van der Waals surface area contributed by atoms with E-state index in [9.17, 15) is 8.42 Å². The number of nitrogens with one attached hydrogen (secondary N) is 1. The van der Waals surface area contributed by atoms with Crippen LogP contribution in [0, 0.1) is 0 Å². The molecule has 1 aromatic heterocycles. The second-order valence-electron chi connectivity index (χ2n) is 5.77. The van der Waals surface area contributed by atoms with Crippen molar-refractivity contribution in [3.8, 4) is 0 Å². The number of hydrogen-bond acceptors (Lipinski definition) is 4. The molecule has 0 bridgehead atoms. The lowest BCUT2D eigenvalue weighted by Gasteiger charge is -2.27. The van der Waals surface area contributed by atoms with E-state index < -0.39 is 10.0 Å². The Morgan fingerprint density at radius 3 is 2.71 bits per heavy atom. The fourth-order valence-corrected chi connectivity index (χ4v) is 3.93. The molecule has 0 amide bonds. The summed E-state index contributed by atoms with van der Waals surface area (Å²) in [5, 5.41) is 3.13. The van der Waals surface area contributed by atoms with Crippen LogP contribution in [0.15, 0.2) is 23.3 Å². The zero-order chi connectivity index (χ0) is 17.6. The van der Waals surface area contributed by atoms with Gasteiger partial charge in [-0.15, -0.1) is 0 Å². The van der Waals surface area contributed by atoms with Gasteiger partial charge in [-0.05, 0) is 12.1 Å². The highest BCUT2D eigenvalue weighted by Crippen LogP contribution is 2.06. The van der Waals surface area contributed by atoms with Crippen molar-refractivity contribution < 1.29 is 13.2 Å². The van der Waals surface area contributed by atoms with E-state index in [0.29, 0.717) is 45.4 Å². The van der Waals surface area contributed by atoms with Gasteiger partial charge in [0.1, 0.15) is 0 Å². The fraction of sp³-hybridized carbons (Fsp3) is 0.667. The number of aryl methyl sites for hydroxylation is 1. The summed E-state index contributed by atoms with van der Waals surface area (Å²) in [6.45, 7) is 2.82. The van der Waals surface area contributed by atoms with E-state index in [1.165, 1.54) is 4.31 Å². The fourth-order valence-electron chi connectivity index (χ4n) is 2.61. The lowest BCUT2D eigenvalue weighted by Crippen LogP contribution is -2.45. The Morgan fingerprint density at radius 1 is 1.42 bits per heavy atom. The molecule has 0 saturated carbocycles. The van der Waals surface area contributed by atoms with Gasteiger partial charge in [-0.3, -0.25) is 4.99 Å². The Morgan fingerprint density at radius 2 is 2.12 bits per heavy atom.